The predicted molar refractivity (Wildman–Crippen MR) is 79.2 cm³/mol. The van der Waals surface area contributed by atoms with Crippen LogP contribution in [-0.2, 0) is 22.4 Å². The van der Waals surface area contributed by atoms with Crippen molar-refractivity contribution in [3.63, 3.8) is 0 Å². The predicted octanol–water partition coefficient (Wildman–Crippen LogP) is 2.31. The molecule has 2 N–H and O–H groups in total. The fourth-order valence-corrected chi connectivity index (χ4v) is 2.10. The van der Waals surface area contributed by atoms with Gasteiger partial charge in [0.05, 0.1) is 17.7 Å². The van der Waals surface area contributed by atoms with Gasteiger partial charge in [-0.25, -0.2) is 14.4 Å². The Kier molecular flexibility index (Phi) is 5.86. The van der Waals surface area contributed by atoms with Gasteiger partial charge in [0, 0.05) is 12.0 Å². The minimum Gasteiger partial charge on any atom is -0.478 e. The highest BCUT2D eigenvalue weighted by atomic mass is 16.5. The van der Waals surface area contributed by atoms with Crippen molar-refractivity contribution in [3.8, 4) is 0 Å². The van der Waals surface area contributed by atoms with E-state index < -0.39 is 17.9 Å². The summed E-state index contributed by atoms with van der Waals surface area (Å²) in [4.78, 5) is 34.0. The minimum atomic E-state index is -1.31. The molecule has 0 aliphatic carbocycles. The average Bonchev–Trinajstić information content (AvgIpc) is 2.45. The SMILES string of the molecule is C=C(C)C(=O)OCCc1c(CC)ccc(C(=O)O)c1C(=O)O. The van der Waals surface area contributed by atoms with Crippen molar-refractivity contribution in [1.29, 1.82) is 0 Å². The lowest BCUT2D eigenvalue weighted by Gasteiger charge is -2.14. The summed E-state index contributed by atoms with van der Waals surface area (Å²) in [6.45, 7) is 6.76. The van der Waals surface area contributed by atoms with Gasteiger partial charge in [0.2, 0.25) is 0 Å². The number of rotatable bonds is 7. The molecule has 0 saturated heterocycles. The minimum absolute atomic E-state index is 0.0396. The number of carboxylic acids is 2. The first kappa shape index (κ1) is 17.4. The van der Waals surface area contributed by atoms with E-state index in [4.69, 9.17) is 9.84 Å². The van der Waals surface area contributed by atoms with Gasteiger partial charge < -0.3 is 14.9 Å². The first-order valence-electron chi connectivity index (χ1n) is 6.73. The zero-order valence-electron chi connectivity index (χ0n) is 12.5. The lowest BCUT2D eigenvalue weighted by Crippen LogP contribution is -2.16. The van der Waals surface area contributed by atoms with E-state index in [1.54, 1.807) is 6.07 Å². The van der Waals surface area contributed by atoms with Gasteiger partial charge in [-0.3, -0.25) is 0 Å². The monoisotopic (exact) mass is 306 g/mol. The number of carboxylic acid groups (broad SMARTS) is 2. The number of aryl methyl sites for hydroxylation is 1. The molecule has 6 nitrogen and oxygen atoms in total. The molecule has 0 aliphatic rings. The Hall–Kier alpha value is -2.63. The van der Waals surface area contributed by atoms with Crippen molar-refractivity contribution >= 4 is 17.9 Å². The van der Waals surface area contributed by atoms with Crippen molar-refractivity contribution in [2.24, 2.45) is 0 Å². The molecule has 0 fully saturated rings. The lowest BCUT2D eigenvalue weighted by molar-refractivity contribution is -0.138. The van der Waals surface area contributed by atoms with Gasteiger partial charge in [-0.15, -0.1) is 0 Å². The molecule has 1 rings (SSSR count). The molecule has 0 saturated carbocycles. The highest BCUT2D eigenvalue weighted by Crippen LogP contribution is 2.22. The second-order valence-electron chi connectivity index (χ2n) is 4.76. The highest BCUT2D eigenvalue weighted by molar-refractivity contribution is 6.03. The van der Waals surface area contributed by atoms with Gasteiger partial charge in [-0.1, -0.05) is 19.6 Å². The van der Waals surface area contributed by atoms with Crippen LogP contribution in [0.2, 0.25) is 0 Å². The number of carbonyl (C=O) groups excluding carboxylic acids is 1. The number of esters is 1. The summed E-state index contributed by atoms with van der Waals surface area (Å²) in [5.74, 6) is -3.18. The van der Waals surface area contributed by atoms with Crippen molar-refractivity contribution < 1.29 is 29.3 Å². The maximum atomic E-state index is 11.4. The molecule has 118 valence electrons. The van der Waals surface area contributed by atoms with Crippen LogP contribution in [0.1, 0.15) is 45.7 Å². The van der Waals surface area contributed by atoms with E-state index in [1.165, 1.54) is 13.0 Å². The zero-order valence-corrected chi connectivity index (χ0v) is 12.5. The number of aromatic carboxylic acids is 2. The van der Waals surface area contributed by atoms with Gasteiger partial charge in [0.25, 0.3) is 0 Å². The smallest absolute Gasteiger partial charge is 0.336 e. The van der Waals surface area contributed by atoms with E-state index >= 15 is 0 Å². The van der Waals surface area contributed by atoms with Crippen LogP contribution in [-0.4, -0.2) is 34.7 Å². The Morgan fingerprint density at radius 1 is 1.18 bits per heavy atom. The summed E-state index contributed by atoms with van der Waals surface area (Å²) < 4.78 is 4.96. The summed E-state index contributed by atoms with van der Waals surface area (Å²) >= 11 is 0. The number of hydrogen-bond acceptors (Lipinski definition) is 4. The maximum absolute atomic E-state index is 11.4. The molecule has 0 atom stereocenters. The lowest BCUT2D eigenvalue weighted by atomic mass is 9.92. The summed E-state index contributed by atoms with van der Waals surface area (Å²) in [5, 5.41) is 18.5. The van der Waals surface area contributed by atoms with E-state index in [-0.39, 0.29) is 29.7 Å². The van der Waals surface area contributed by atoms with Gasteiger partial charge in [0.1, 0.15) is 0 Å². The molecule has 0 unspecified atom stereocenters. The highest BCUT2D eigenvalue weighted by Gasteiger charge is 2.22. The number of benzene rings is 1. The zero-order chi connectivity index (χ0) is 16.9. The molecule has 0 spiro atoms. The topological polar surface area (TPSA) is 101 Å². The Balaban J connectivity index is 3.17. The fourth-order valence-electron chi connectivity index (χ4n) is 2.10. The van der Waals surface area contributed by atoms with Crippen molar-refractivity contribution in [1.82, 2.24) is 0 Å². The van der Waals surface area contributed by atoms with E-state index in [2.05, 4.69) is 6.58 Å². The van der Waals surface area contributed by atoms with E-state index in [0.717, 1.165) is 0 Å². The fraction of sp³-hybridized carbons (Fsp3) is 0.312. The molecule has 6 heteroatoms. The maximum Gasteiger partial charge on any atom is 0.336 e. The van der Waals surface area contributed by atoms with Crippen LogP contribution in [0, 0.1) is 0 Å². The van der Waals surface area contributed by atoms with Crippen LogP contribution in [0.15, 0.2) is 24.3 Å². The molecular formula is C16H18O6. The second kappa shape index (κ2) is 7.40. The Morgan fingerprint density at radius 3 is 2.27 bits per heavy atom. The quantitative estimate of drug-likeness (QED) is 0.592. The molecule has 0 heterocycles. The number of hydrogen-bond donors (Lipinski definition) is 2. The molecule has 1 aromatic carbocycles. The van der Waals surface area contributed by atoms with Crippen LogP contribution in [0.25, 0.3) is 0 Å². The Labute approximate surface area is 128 Å². The molecule has 0 bridgehead atoms. The van der Waals surface area contributed by atoms with E-state index in [0.29, 0.717) is 17.5 Å². The van der Waals surface area contributed by atoms with Crippen LogP contribution >= 0.6 is 0 Å². The van der Waals surface area contributed by atoms with Crippen LogP contribution in [0.3, 0.4) is 0 Å². The normalized spacial score (nSPS) is 10.1. The van der Waals surface area contributed by atoms with Crippen molar-refractivity contribution in [2.75, 3.05) is 6.61 Å². The van der Waals surface area contributed by atoms with E-state index in [1.807, 2.05) is 6.92 Å². The molecule has 0 aliphatic heterocycles. The summed E-state index contributed by atoms with van der Waals surface area (Å²) in [7, 11) is 0. The first-order valence-corrected chi connectivity index (χ1v) is 6.73. The van der Waals surface area contributed by atoms with E-state index in [9.17, 15) is 19.5 Å². The van der Waals surface area contributed by atoms with Gasteiger partial charge in [0.15, 0.2) is 0 Å². The van der Waals surface area contributed by atoms with Crippen molar-refractivity contribution in [2.45, 2.75) is 26.7 Å². The Bertz CT molecular complexity index is 630. The molecule has 1 aromatic rings. The standard InChI is InChI=1S/C16H18O6/c1-4-10-5-6-12(14(17)18)13(15(19)20)11(10)7-8-22-16(21)9(2)3/h5-6H,2,4,7-8H2,1,3H3,(H,17,18)(H,19,20). The first-order chi connectivity index (χ1) is 10.3. The van der Waals surface area contributed by atoms with Crippen LogP contribution < -0.4 is 0 Å². The number of carbonyl (C=O) groups is 3. The third kappa shape index (κ3) is 3.94. The van der Waals surface area contributed by atoms with Gasteiger partial charge in [-0.05, 0) is 30.5 Å². The molecule has 0 radical (unpaired) electrons. The molecule has 0 aromatic heterocycles. The Morgan fingerprint density at radius 2 is 1.82 bits per heavy atom. The third-order valence-corrected chi connectivity index (χ3v) is 3.17. The number of ether oxygens (including phenoxy) is 1. The van der Waals surface area contributed by atoms with Gasteiger partial charge in [-0.2, -0.15) is 0 Å². The third-order valence-electron chi connectivity index (χ3n) is 3.17. The molecule has 0 amide bonds. The average molecular weight is 306 g/mol. The van der Waals surface area contributed by atoms with Crippen molar-refractivity contribution in [3.05, 3.63) is 46.5 Å². The van der Waals surface area contributed by atoms with Crippen LogP contribution in [0.4, 0.5) is 0 Å². The van der Waals surface area contributed by atoms with Crippen LogP contribution in [0.5, 0.6) is 0 Å². The van der Waals surface area contributed by atoms with Gasteiger partial charge >= 0.3 is 17.9 Å². The molecular weight excluding hydrogens is 288 g/mol. The summed E-state index contributed by atoms with van der Waals surface area (Å²) in [6.07, 6.45) is 0.675. The second-order valence-corrected chi connectivity index (χ2v) is 4.76. The molecule has 22 heavy (non-hydrogen) atoms. The largest absolute Gasteiger partial charge is 0.478 e. The summed E-state index contributed by atoms with van der Waals surface area (Å²) in [5.41, 5.74) is 0.816. The summed E-state index contributed by atoms with van der Waals surface area (Å²) in [6, 6.07) is 2.87.